The molecule has 5 nitrogen and oxygen atoms in total. The molecule has 26 heavy (non-hydrogen) atoms. The average Bonchev–Trinajstić information content (AvgIpc) is 2.93. The lowest BCUT2D eigenvalue weighted by Crippen LogP contribution is -2.23. The van der Waals surface area contributed by atoms with E-state index in [0.717, 1.165) is 10.9 Å². The SMILES string of the molecule is CN(C)C(=O)c1nc(-c2ccccc2)nc2c1c1ccc(F)cc1n2C. The predicted molar refractivity (Wildman–Crippen MR) is 99.4 cm³/mol. The number of halogens is 1. The van der Waals surface area contributed by atoms with Crippen molar-refractivity contribution >= 4 is 27.8 Å². The number of carbonyl (C=O) groups is 1. The fourth-order valence-electron chi connectivity index (χ4n) is 3.13. The second-order valence-electron chi connectivity index (χ2n) is 6.38. The van der Waals surface area contributed by atoms with Crippen LogP contribution in [-0.2, 0) is 7.05 Å². The normalized spacial score (nSPS) is 11.2. The van der Waals surface area contributed by atoms with Crippen molar-refractivity contribution in [3.8, 4) is 11.4 Å². The van der Waals surface area contributed by atoms with Gasteiger partial charge in [-0.2, -0.15) is 0 Å². The fraction of sp³-hybridized carbons (Fsp3) is 0.150. The number of hydrogen-bond acceptors (Lipinski definition) is 3. The summed E-state index contributed by atoms with van der Waals surface area (Å²) in [5.74, 6) is -0.0822. The summed E-state index contributed by atoms with van der Waals surface area (Å²) in [7, 11) is 5.18. The first-order valence-electron chi connectivity index (χ1n) is 8.20. The highest BCUT2D eigenvalue weighted by Gasteiger charge is 2.22. The first-order chi connectivity index (χ1) is 12.5. The summed E-state index contributed by atoms with van der Waals surface area (Å²) in [6.45, 7) is 0. The van der Waals surface area contributed by atoms with Gasteiger partial charge in [0.05, 0.1) is 10.9 Å². The molecule has 4 aromatic rings. The summed E-state index contributed by atoms with van der Waals surface area (Å²) in [4.78, 5) is 23.5. The van der Waals surface area contributed by atoms with Crippen LogP contribution in [-0.4, -0.2) is 39.4 Å². The van der Waals surface area contributed by atoms with Crippen LogP contribution in [0.1, 0.15) is 10.5 Å². The van der Waals surface area contributed by atoms with Gasteiger partial charge in [-0.05, 0) is 18.2 Å². The topological polar surface area (TPSA) is 51.0 Å². The summed E-state index contributed by atoms with van der Waals surface area (Å²) < 4.78 is 15.6. The number of rotatable bonds is 2. The standard InChI is InChI=1S/C20H17FN4O/c1-24(2)20(26)17-16-14-10-9-13(21)11-15(14)25(3)19(16)23-18(22-17)12-7-5-4-6-8-12/h4-11H,1-3H3. The second kappa shape index (κ2) is 5.91. The first kappa shape index (κ1) is 16.2. The van der Waals surface area contributed by atoms with E-state index in [0.29, 0.717) is 28.1 Å². The summed E-state index contributed by atoms with van der Waals surface area (Å²) in [6, 6.07) is 14.0. The quantitative estimate of drug-likeness (QED) is 0.556. The average molecular weight is 348 g/mol. The maximum atomic E-state index is 13.8. The molecule has 130 valence electrons. The van der Waals surface area contributed by atoms with Gasteiger partial charge in [-0.25, -0.2) is 14.4 Å². The number of fused-ring (bicyclic) bond motifs is 3. The second-order valence-corrected chi connectivity index (χ2v) is 6.38. The van der Waals surface area contributed by atoms with E-state index in [1.54, 1.807) is 24.7 Å². The van der Waals surface area contributed by atoms with Crippen molar-refractivity contribution < 1.29 is 9.18 Å². The zero-order valence-corrected chi connectivity index (χ0v) is 14.7. The third kappa shape index (κ3) is 2.42. The molecule has 0 aliphatic rings. The molecule has 0 spiro atoms. The number of nitrogens with zero attached hydrogens (tertiary/aromatic N) is 4. The molecule has 0 radical (unpaired) electrons. The van der Waals surface area contributed by atoms with Crippen molar-refractivity contribution in [2.75, 3.05) is 14.1 Å². The van der Waals surface area contributed by atoms with Crippen LogP contribution in [0.3, 0.4) is 0 Å². The van der Waals surface area contributed by atoms with Gasteiger partial charge in [0.2, 0.25) is 0 Å². The molecule has 6 heteroatoms. The predicted octanol–water partition coefficient (Wildman–Crippen LogP) is 3.63. The zero-order chi connectivity index (χ0) is 18.4. The summed E-state index contributed by atoms with van der Waals surface area (Å²) in [6.07, 6.45) is 0. The van der Waals surface area contributed by atoms with E-state index >= 15 is 0 Å². The van der Waals surface area contributed by atoms with Crippen molar-refractivity contribution in [2.45, 2.75) is 0 Å². The largest absolute Gasteiger partial charge is 0.343 e. The number of benzene rings is 2. The molecule has 2 aromatic carbocycles. The number of aromatic nitrogens is 3. The molecular weight excluding hydrogens is 331 g/mol. The van der Waals surface area contributed by atoms with Crippen LogP contribution in [0.5, 0.6) is 0 Å². The van der Waals surface area contributed by atoms with E-state index in [4.69, 9.17) is 0 Å². The highest BCUT2D eigenvalue weighted by atomic mass is 19.1. The van der Waals surface area contributed by atoms with Crippen LogP contribution >= 0.6 is 0 Å². The Morgan fingerprint density at radius 3 is 2.50 bits per heavy atom. The van der Waals surface area contributed by atoms with Crippen LogP contribution in [0.25, 0.3) is 33.3 Å². The van der Waals surface area contributed by atoms with Gasteiger partial charge < -0.3 is 9.47 Å². The minimum absolute atomic E-state index is 0.216. The minimum Gasteiger partial charge on any atom is -0.343 e. The zero-order valence-electron chi connectivity index (χ0n) is 14.7. The van der Waals surface area contributed by atoms with E-state index in [-0.39, 0.29) is 11.7 Å². The fourth-order valence-corrected chi connectivity index (χ4v) is 3.13. The molecule has 4 rings (SSSR count). The Morgan fingerprint density at radius 2 is 1.81 bits per heavy atom. The molecule has 0 fully saturated rings. The van der Waals surface area contributed by atoms with Crippen molar-refractivity contribution in [3.05, 3.63) is 60.0 Å². The van der Waals surface area contributed by atoms with Crippen molar-refractivity contribution in [1.82, 2.24) is 19.4 Å². The van der Waals surface area contributed by atoms with Crippen LogP contribution < -0.4 is 0 Å². The molecular formula is C20H17FN4O. The van der Waals surface area contributed by atoms with E-state index in [9.17, 15) is 9.18 Å². The molecule has 0 aliphatic carbocycles. The molecule has 0 aliphatic heterocycles. The van der Waals surface area contributed by atoms with Gasteiger partial charge in [-0.1, -0.05) is 30.3 Å². The van der Waals surface area contributed by atoms with Crippen molar-refractivity contribution in [3.63, 3.8) is 0 Å². The first-order valence-corrected chi connectivity index (χ1v) is 8.20. The lowest BCUT2D eigenvalue weighted by Gasteiger charge is -2.12. The van der Waals surface area contributed by atoms with Gasteiger partial charge >= 0.3 is 0 Å². The van der Waals surface area contributed by atoms with Gasteiger partial charge in [0.15, 0.2) is 5.82 Å². The van der Waals surface area contributed by atoms with Crippen LogP contribution in [0.4, 0.5) is 4.39 Å². The Kier molecular flexibility index (Phi) is 3.68. The minimum atomic E-state index is -0.333. The van der Waals surface area contributed by atoms with Gasteiger partial charge in [-0.15, -0.1) is 0 Å². The van der Waals surface area contributed by atoms with Gasteiger partial charge in [-0.3, -0.25) is 4.79 Å². The number of amides is 1. The summed E-state index contributed by atoms with van der Waals surface area (Å²) in [5.41, 5.74) is 2.41. The van der Waals surface area contributed by atoms with Gasteiger partial charge in [0.1, 0.15) is 17.2 Å². The third-order valence-corrected chi connectivity index (χ3v) is 4.44. The number of carbonyl (C=O) groups excluding carboxylic acids is 1. The Bertz CT molecular complexity index is 1150. The van der Waals surface area contributed by atoms with Crippen LogP contribution in [0.2, 0.25) is 0 Å². The van der Waals surface area contributed by atoms with Crippen molar-refractivity contribution in [2.24, 2.45) is 7.05 Å². The van der Waals surface area contributed by atoms with E-state index in [1.165, 1.54) is 17.0 Å². The van der Waals surface area contributed by atoms with Crippen molar-refractivity contribution in [1.29, 1.82) is 0 Å². The molecule has 2 heterocycles. The molecule has 0 saturated heterocycles. The van der Waals surface area contributed by atoms with E-state index < -0.39 is 0 Å². The lowest BCUT2D eigenvalue weighted by molar-refractivity contribution is 0.0824. The highest BCUT2D eigenvalue weighted by molar-refractivity contribution is 6.16. The number of hydrogen-bond donors (Lipinski definition) is 0. The molecule has 2 aromatic heterocycles. The molecule has 0 saturated carbocycles. The van der Waals surface area contributed by atoms with Crippen LogP contribution in [0.15, 0.2) is 48.5 Å². The van der Waals surface area contributed by atoms with Gasteiger partial charge in [0, 0.05) is 32.1 Å². The monoisotopic (exact) mass is 348 g/mol. The summed E-state index contributed by atoms with van der Waals surface area (Å²) >= 11 is 0. The van der Waals surface area contributed by atoms with E-state index in [2.05, 4.69) is 9.97 Å². The molecule has 1 amide bonds. The smallest absolute Gasteiger partial charge is 0.272 e. The van der Waals surface area contributed by atoms with Gasteiger partial charge in [0.25, 0.3) is 5.91 Å². The maximum absolute atomic E-state index is 13.8. The Labute approximate surface area is 149 Å². The molecule has 0 bridgehead atoms. The summed E-state index contributed by atoms with van der Waals surface area (Å²) in [5, 5.41) is 1.40. The van der Waals surface area contributed by atoms with Crippen LogP contribution in [0, 0.1) is 5.82 Å². The Hall–Kier alpha value is -3.28. The Morgan fingerprint density at radius 1 is 1.08 bits per heavy atom. The molecule has 0 N–H and O–H groups in total. The number of aryl methyl sites for hydroxylation is 1. The lowest BCUT2D eigenvalue weighted by atomic mass is 10.1. The Balaban J connectivity index is 2.14. The van der Waals surface area contributed by atoms with E-state index in [1.807, 2.05) is 37.4 Å². The highest BCUT2D eigenvalue weighted by Crippen LogP contribution is 2.31. The third-order valence-electron chi connectivity index (χ3n) is 4.44. The molecule has 0 unspecified atom stereocenters. The molecule has 0 atom stereocenters. The maximum Gasteiger partial charge on any atom is 0.272 e.